The molecule has 4 nitrogen and oxygen atoms in total. The van der Waals surface area contributed by atoms with Crippen molar-refractivity contribution in [2.45, 2.75) is 0 Å². The van der Waals surface area contributed by atoms with Crippen LogP contribution in [0.5, 0.6) is 5.75 Å². The smallest absolute Gasteiger partial charge is 0.543 e. The second kappa shape index (κ2) is 5.28. The molecular formula is C7H5BrLiNO3. The van der Waals surface area contributed by atoms with Crippen LogP contribution in [0.15, 0.2) is 16.7 Å². The molecule has 0 saturated heterocycles. The number of nitrogens with zero attached hydrogens (tertiary/aromatic N) is 1. The standard InChI is InChI=1S/C7H6BrNO3.Li/c1-12-6-3-9-5(7(10)11)2-4(6)8;/h2-3H,1H3,(H,10,11);/q;+1/p-1. The molecule has 0 amide bonds. The van der Waals surface area contributed by atoms with Crippen LogP contribution in [0.4, 0.5) is 0 Å². The third-order valence-electron chi connectivity index (χ3n) is 1.25. The summed E-state index contributed by atoms with van der Waals surface area (Å²) in [7, 11) is 1.47. The fourth-order valence-electron chi connectivity index (χ4n) is 0.680. The molecule has 0 N–H and O–H groups in total. The molecule has 64 valence electrons. The number of hydrogen-bond acceptors (Lipinski definition) is 4. The van der Waals surface area contributed by atoms with Crippen molar-refractivity contribution in [3.63, 3.8) is 0 Å². The van der Waals surface area contributed by atoms with Gasteiger partial charge >= 0.3 is 18.9 Å². The number of methoxy groups -OCH3 is 1. The van der Waals surface area contributed by atoms with Gasteiger partial charge in [0.1, 0.15) is 0 Å². The van der Waals surface area contributed by atoms with Gasteiger partial charge in [0.15, 0.2) is 5.75 Å². The summed E-state index contributed by atoms with van der Waals surface area (Å²) < 4.78 is 5.40. The van der Waals surface area contributed by atoms with Crippen molar-refractivity contribution < 1.29 is 33.5 Å². The molecule has 0 unspecified atom stereocenters. The second-order valence-electron chi connectivity index (χ2n) is 1.99. The van der Waals surface area contributed by atoms with Gasteiger partial charge in [0.05, 0.1) is 29.4 Å². The molecule has 0 saturated carbocycles. The van der Waals surface area contributed by atoms with E-state index in [1.165, 1.54) is 19.4 Å². The summed E-state index contributed by atoms with van der Waals surface area (Å²) in [6.45, 7) is 0. The molecule has 1 heterocycles. The Balaban J connectivity index is 0.00000144. The molecule has 13 heavy (non-hydrogen) atoms. The first-order valence-electron chi connectivity index (χ1n) is 3.06. The number of ether oxygens (including phenoxy) is 1. The summed E-state index contributed by atoms with van der Waals surface area (Å²) in [5, 5.41) is 10.3. The molecule has 1 aromatic rings. The van der Waals surface area contributed by atoms with E-state index in [0.717, 1.165) is 0 Å². The van der Waals surface area contributed by atoms with Crippen LogP contribution in [0, 0.1) is 0 Å². The summed E-state index contributed by atoms with van der Waals surface area (Å²) in [5.41, 5.74) is -0.123. The maximum absolute atomic E-state index is 10.3. The van der Waals surface area contributed by atoms with Crippen LogP contribution in [-0.4, -0.2) is 18.1 Å². The number of carbonyl (C=O) groups is 1. The summed E-state index contributed by atoms with van der Waals surface area (Å²) in [6.07, 6.45) is 1.31. The predicted octanol–water partition coefficient (Wildman–Crippen LogP) is -2.78. The van der Waals surface area contributed by atoms with Gasteiger partial charge in [-0.3, -0.25) is 4.98 Å². The van der Waals surface area contributed by atoms with E-state index in [2.05, 4.69) is 20.9 Å². The van der Waals surface area contributed by atoms with Gasteiger partial charge in [-0.05, 0) is 22.0 Å². The predicted molar refractivity (Wildman–Crippen MR) is 42.8 cm³/mol. The number of carboxylic acids is 1. The Labute approximate surface area is 95.6 Å². The van der Waals surface area contributed by atoms with E-state index < -0.39 is 5.97 Å². The largest absolute Gasteiger partial charge is 1.00 e. The van der Waals surface area contributed by atoms with E-state index >= 15 is 0 Å². The Hall–Kier alpha value is -0.503. The zero-order valence-corrected chi connectivity index (χ0v) is 8.79. The number of rotatable bonds is 2. The fourth-order valence-corrected chi connectivity index (χ4v) is 1.16. The van der Waals surface area contributed by atoms with Crippen molar-refractivity contribution in [1.29, 1.82) is 0 Å². The molecule has 0 radical (unpaired) electrons. The van der Waals surface area contributed by atoms with E-state index in [4.69, 9.17) is 4.74 Å². The quantitative estimate of drug-likeness (QED) is 0.523. The van der Waals surface area contributed by atoms with Crippen LogP contribution in [0.2, 0.25) is 0 Å². The molecule has 0 atom stereocenters. The number of carbonyl (C=O) groups excluding carboxylic acids is 1. The fraction of sp³-hybridized carbons (Fsp3) is 0.143. The van der Waals surface area contributed by atoms with Crippen LogP contribution < -0.4 is 28.7 Å². The van der Waals surface area contributed by atoms with Crippen molar-refractivity contribution in [3.8, 4) is 5.75 Å². The topological polar surface area (TPSA) is 62.2 Å². The van der Waals surface area contributed by atoms with Crippen LogP contribution in [0.25, 0.3) is 0 Å². The first-order chi connectivity index (χ1) is 5.65. The molecule has 1 rings (SSSR count). The first-order valence-corrected chi connectivity index (χ1v) is 3.85. The molecule has 0 bridgehead atoms. The number of halogens is 1. The van der Waals surface area contributed by atoms with Crippen molar-refractivity contribution >= 4 is 21.9 Å². The Morgan fingerprint density at radius 2 is 2.31 bits per heavy atom. The van der Waals surface area contributed by atoms with Crippen molar-refractivity contribution in [1.82, 2.24) is 4.98 Å². The Morgan fingerprint density at radius 3 is 2.69 bits per heavy atom. The van der Waals surface area contributed by atoms with E-state index in [1.807, 2.05) is 0 Å². The van der Waals surface area contributed by atoms with Gasteiger partial charge < -0.3 is 14.6 Å². The van der Waals surface area contributed by atoms with Crippen LogP contribution >= 0.6 is 15.9 Å². The Kier molecular flexibility index (Phi) is 5.07. The molecule has 0 aliphatic heterocycles. The number of aromatic nitrogens is 1. The maximum Gasteiger partial charge on any atom is 1.00 e. The summed E-state index contributed by atoms with van der Waals surface area (Å²) in [4.78, 5) is 13.9. The van der Waals surface area contributed by atoms with Gasteiger partial charge in [0.25, 0.3) is 0 Å². The monoisotopic (exact) mass is 237 g/mol. The molecule has 0 aliphatic rings. The van der Waals surface area contributed by atoms with Gasteiger partial charge in [0.2, 0.25) is 0 Å². The van der Waals surface area contributed by atoms with Crippen molar-refractivity contribution in [2.24, 2.45) is 0 Å². The molecule has 0 aliphatic carbocycles. The maximum atomic E-state index is 10.3. The normalized spacial score (nSPS) is 8.77. The van der Waals surface area contributed by atoms with Crippen LogP contribution in [-0.2, 0) is 0 Å². The van der Waals surface area contributed by atoms with Crippen LogP contribution in [0.3, 0.4) is 0 Å². The molecule has 0 spiro atoms. The van der Waals surface area contributed by atoms with Gasteiger partial charge in [-0.15, -0.1) is 0 Å². The van der Waals surface area contributed by atoms with E-state index in [0.29, 0.717) is 10.2 Å². The van der Waals surface area contributed by atoms with Gasteiger partial charge in [0, 0.05) is 0 Å². The third kappa shape index (κ3) is 3.03. The van der Waals surface area contributed by atoms with Gasteiger partial charge in [-0.2, -0.15) is 0 Å². The second-order valence-corrected chi connectivity index (χ2v) is 2.85. The molecule has 0 aromatic carbocycles. The molecule has 1 aromatic heterocycles. The minimum absolute atomic E-state index is 0. The summed E-state index contributed by atoms with van der Waals surface area (Å²) >= 11 is 3.12. The first kappa shape index (κ1) is 12.5. The van der Waals surface area contributed by atoms with Gasteiger partial charge in [-0.1, -0.05) is 0 Å². The van der Waals surface area contributed by atoms with E-state index in [9.17, 15) is 9.90 Å². The third-order valence-corrected chi connectivity index (χ3v) is 1.87. The number of hydrogen-bond donors (Lipinski definition) is 0. The van der Waals surface area contributed by atoms with Crippen molar-refractivity contribution in [2.75, 3.05) is 7.11 Å². The van der Waals surface area contributed by atoms with E-state index in [-0.39, 0.29) is 24.6 Å². The minimum atomic E-state index is -1.31. The summed E-state index contributed by atoms with van der Waals surface area (Å²) in [5.74, 6) is -0.821. The number of carboxylic acid groups (broad SMARTS) is 1. The average Bonchev–Trinajstić information content (AvgIpc) is 2.04. The molecule has 0 fully saturated rings. The summed E-state index contributed by atoms with van der Waals surface area (Å²) in [6, 6.07) is 1.33. The van der Waals surface area contributed by atoms with Crippen LogP contribution in [0.1, 0.15) is 10.5 Å². The Morgan fingerprint density at radius 1 is 1.69 bits per heavy atom. The zero-order valence-electron chi connectivity index (χ0n) is 7.20. The zero-order chi connectivity index (χ0) is 9.14. The number of aromatic carboxylic acids is 1. The van der Waals surface area contributed by atoms with E-state index in [1.54, 1.807) is 0 Å². The van der Waals surface area contributed by atoms with Gasteiger partial charge in [-0.25, -0.2) is 0 Å². The number of pyridine rings is 1. The minimum Gasteiger partial charge on any atom is -0.543 e. The van der Waals surface area contributed by atoms with Crippen molar-refractivity contribution in [3.05, 3.63) is 22.4 Å². The Bertz CT molecular complexity index is 319. The molecule has 6 heteroatoms. The SMILES string of the molecule is COc1cnc(C(=O)[O-])cc1Br.[Li+]. The average molecular weight is 238 g/mol. The molecular weight excluding hydrogens is 233 g/mol.